The van der Waals surface area contributed by atoms with Crippen LogP contribution in [0.2, 0.25) is 0 Å². The molecule has 2 heterocycles. The number of nitrogens with zero attached hydrogens (tertiary/aromatic N) is 3. The molecule has 32 heavy (non-hydrogen) atoms. The molecule has 2 aromatic carbocycles. The number of hydrogen-bond acceptors (Lipinski definition) is 4. The van der Waals surface area contributed by atoms with E-state index in [2.05, 4.69) is 26.0 Å². The Morgan fingerprint density at radius 1 is 0.844 bits per heavy atom. The number of aromatic nitrogens is 3. The molecule has 0 saturated carbocycles. The highest BCUT2D eigenvalue weighted by Gasteiger charge is 2.18. The van der Waals surface area contributed by atoms with Crippen LogP contribution in [-0.2, 0) is 6.42 Å². The highest BCUT2D eigenvalue weighted by molar-refractivity contribution is 6.05. The topological polar surface area (TPSA) is 101 Å². The maximum Gasteiger partial charge on any atom is 0.323 e. The molecule has 0 spiro atoms. The van der Waals surface area contributed by atoms with Gasteiger partial charge in [-0.3, -0.25) is 4.79 Å². The molecule has 8 heteroatoms. The summed E-state index contributed by atoms with van der Waals surface area (Å²) in [4.78, 5) is 29.5. The van der Waals surface area contributed by atoms with E-state index in [4.69, 9.17) is 0 Å². The van der Waals surface area contributed by atoms with Crippen LogP contribution in [0, 0.1) is 0 Å². The second kappa shape index (κ2) is 9.57. The third-order valence-electron chi connectivity index (χ3n) is 4.72. The molecule has 4 rings (SSSR count). The predicted molar refractivity (Wildman–Crippen MR) is 124 cm³/mol. The Bertz CT molecular complexity index is 1220. The van der Waals surface area contributed by atoms with Crippen LogP contribution in [0.3, 0.4) is 0 Å². The second-order valence-electron chi connectivity index (χ2n) is 6.94. The van der Waals surface area contributed by atoms with E-state index in [1.54, 1.807) is 47.3 Å². The molecule has 4 aromatic rings. The highest BCUT2D eigenvalue weighted by Crippen LogP contribution is 2.19. The fourth-order valence-electron chi connectivity index (χ4n) is 3.27. The van der Waals surface area contributed by atoms with E-state index in [0.29, 0.717) is 34.9 Å². The Balaban J connectivity index is 1.46. The van der Waals surface area contributed by atoms with Gasteiger partial charge in [-0.25, -0.2) is 14.5 Å². The molecule has 0 unspecified atom stereocenters. The summed E-state index contributed by atoms with van der Waals surface area (Å²) in [7, 11) is 0. The van der Waals surface area contributed by atoms with Crippen molar-refractivity contribution in [3.05, 3.63) is 96.4 Å². The minimum Gasteiger partial charge on any atom is -0.322 e. The van der Waals surface area contributed by atoms with Gasteiger partial charge in [-0.1, -0.05) is 37.3 Å². The van der Waals surface area contributed by atoms with E-state index >= 15 is 0 Å². The van der Waals surface area contributed by atoms with E-state index in [-0.39, 0.29) is 11.9 Å². The van der Waals surface area contributed by atoms with E-state index < -0.39 is 0 Å². The van der Waals surface area contributed by atoms with Crippen LogP contribution < -0.4 is 16.0 Å². The summed E-state index contributed by atoms with van der Waals surface area (Å²) in [5, 5.41) is 12.7. The third-order valence-corrected chi connectivity index (χ3v) is 4.72. The molecule has 0 radical (unpaired) electrons. The lowest BCUT2D eigenvalue weighted by Gasteiger charge is -2.10. The highest BCUT2D eigenvalue weighted by atomic mass is 16.2. The smallest absolute Gasteiger partial charge is 0.322 e. The van der Waals surface area contributed by atoms with Gasteiger partial charge in [0.2, 0.25) is 0 Å². The van der Waals surface area contributed by atoms with Crippen LogP contribution in [0.1, 0.15) is 23.0 Å². The first kappa shape index (κ1) is 20.8. The Hall–Kier alpha value is -4.46. The van der Waals surface area contributed by atoms with Crippen molar-refractivity contribution in [1.29, 1.82) is 0 Å². The Kier molecular flexibility index (Phi) is 6.22. The standard InChI is InChI=1S/C24H22N6O2/c1-2-21-20(16-26-30(21)22-13-6-7-14-25-22)23(31)27-18-11-8-12-19(15-18)29-24(32)28-17-9-4-3-5-10-17/h3-16H,2H2,1H3,(H,27,31)(H2,28,29,32). The number of rotatable bonds is 6. The molecule has 160 valence electrons. The van der Waals surface area contributed by atoms with E-state index in [0.717, 1.165) is 5.69 Å². The predicted octanol–water partition coefficient (Wildman–Crippen LogP) is 4.73. The van der Waals surface area contributed by atoms with Gasteiger partial charge >= 0.3 is 6.03 Å². The van der Waals surface area contributed by atoms with Crippen LogP contribution in [0.4, 0.5) is 21.9 Å². The lowest BCUT2D eigenvalue weighted by atomic mass is 10.2. The normalized spacial score (nSPS) is 10.4. The van der Waals surface area contributed by atoms with Crippen LogP contribution >= 0.6 is 0 Å². The molecule has 3 N–H and O–H groups in total. The summed E-state index contributed by atoms with van der Waals surface area (Å²) < 4.78 is 1.67. The van der Waals surface area contributed by atoms with Crippen molar-refractivity contribution in [1.82, 2.24) is 14.8 Å². The summed E-state index contributed by atoms with van der Waals surface area (Å²) in [6.07, 6.45) is 3.83. The minimum absolute atomic E-state index is 0.282. The molecule has 3 amide bonds. The van der Waals surface area contributed by atoms with Gasteiger partial charge in [0.25, 0.3) is 5.91 Å². The third kappa shape index (κ3) is 4.81. The van der Waals surface area contributed by atoms with Crippen molar-refractivity contribution in [2.24, 2.45) is 0 Å². The van der Waals surface area contributed by atoms with Crippen LogP contribution in [0.25, 0.3) is 5.82 Å². The average Bonchev–Trinajstić information content (AvgIpc) is 3.25. The van der Waals surface area contributed by atoms with E-state index in [1.807, 2.05) is 43.3 Å². The Morgan fingerprint density at radius 3 is 2.25 bits per heavy atom. The number of benzene rings is 2. The van der Waals surface area contributed by atoms with Gasteiger partial charge in [0, 0.05) is 23.3 Å². The number of nitrogens with one attached hydrogen (secondary N) is 3. The van der Waals surface area contributed by atoms with Gasteiger partial charge in [0.05, 0.1) is 17.5 Å². The first-order chi connectivity index (χ1) is 15.6. The van der Waals surface area contributed by atoms with Crippen molar-refractivity contribution in [3.8, 4) is 5.82 Å². The van der Waals surface area contributed by atoms with Crippen molar-refractivity contribution in [2.45, 2.75) is 13.3 Å². The number of urea groups is 1. The molecule has 8 nitrogen and oxygen atoms in total. The van der Waals surface area contributed by atoms with Crippen molar-refractivity contribution in [3.63, 3.8) is 0 Å². The van der Waals surface area contributed by atoms with Gasteiger partial charge in [0.15, 0.2) is 5.82 Å². The van der Waals surface area contributed by atoms with Crippen molar-refractivity contribution < 1.29 is 9.59 Å². The zero-order valence-corrected chi connectivity index (χ0v) is 17.4. The van der Waals surface area contributed by atoms with E-state index in [9.17, 15) is 9.59 Å². The minimum atomic E-state index is -0.371. The summed E-state index contributed by atoms with van der Waals surface area (Å²) in [6, 6.07) is 21.3. The zero-order valence-electron chi connectivity index (χ0n) is 17.4. The number of anilines is 3. The number of amides is 3. The van der Waals surface area contributed by atoms with Crippen LogP contribution in [-0.4, -0.2) is 26.7 Å². The summed E-state index contributed by atoms with van der Waals surface area (Å²) >= 11 is 0. The molecular weight excluding hydrogens is 404 g/mol. The number of pyridine rings is 1. The number of carbonyl (C=O) groups excluding carboxylic acids is 2. The molecule has 2 aromatic heterocycles. The molecule has 0 atom stereocenters. The summed E-state index contributed by atoms with van der Waals surface area (Å²) in [6.45, 7) is 1.96. The largest absolute Gasteiger partial charge is 0.323 e. The number of para-hydroxylation sites is 1. The van der Waals surface area contributed by atoms with Gasteiger partial charge in [0.1, 0.15) is 0 Å². The Labute approximate surface area is 185 Å². The number of hydrogen-bond donors (Lipinski definition) is 3. The molecule has 0 fully saturated rings. The first-order valence-corrected chi connectivity index (χ1v) is 10.2. The average molecular weight is 426 g/mol. The quantitative estimate of drug-likeness (QED) is 0.415. The molecule has 0 saturated heterocycles. The second-order valence-corrected chi connectivity index (χ2v) is 6.94. The SMILES string of the molecule is CCc1c(C(=O)Nc2cccc(NC(=O)Nc3ccccc3)c2)cnn1-c1ccccn1. The molecule has 0 aliphatic heterocycles. The Morgan fingerprint density at radius 2 is 1.53 bits per heavy atom. The lowest BCUT2D eigenvalue weighted by molar-refractivity contribution is 0.102. The molecule has 0 aliphatic rings. The molecule has 0 bridgehead atoms. The van der Waals surface area contributed by atoms with Crippen molar-refractivity contribution in [2.75, 3.05) is 16.0 Å². The summed E-state index contributed by atoms with van der Waals surface area (Å²) in [5.41, 5.74) is 3.03. The van der Waals surface area contributed by atoms with Crippen molar-refractivity contribution >= 4 is 29.0 Å². The maximum atomic E-state index is 12.9. The number of carbonyl (C=O) groups is 2. The fourth-order valence-corrected chi connectivity index (χ4v) is 3.27. The molecule has 0 aliphatic carbocycles. The molecular formula is C24H22N6O2. The van der Waals surface area contributed by atoms with Gasteiger partial charge in [-0.05, 0) is 48.9 Å². The maximum absolute atomic E-state index is 12.9. The fraction of sp³-hybridized carbons (Fsp3) is 0.0833. The monoisotopic (exact) mass is 426 g/mol. The summed E-state index contributed by atoms with van der Waals surface area (Å²) in [5.74, 6) is 0.369. The van der Waals surface area contributed by atoms with Gasteiger partial charge < -0.3 is 16.0 Å². The zero-order chi connectivity index (χ0) is 22.3. The first-order valence-electron chi connectivity index (χ1n) is 10.2. The van der Waals surface area contributed by atoms with Gasteiger partial charge in [-0.2, -0.15) is 5.10 Å². The van der Waals surface area contributed by atoms with E-state index in [1.165, 1.54) is 6.20 Å². The van der Waals surface area contributed by atoms with Crippen LogP contribution in [0.5, 0.6) is 0 Å². The van der Waals surface area contributed by atoms with Crippen LogP contribution in [0.15, 0.2) is 85.2 Å². The van der Waals surface area contributed by atoms with Gasteiger partial charge in [-0.15, -0.1) is 0 Å². The lowest BCUT2D eigenvalue weighted by Crippen LogP contribution is -2.19.